The van der Waals surface area contributed by atoms with Crippen LogP contribution in [0.2, 0.25) is 0 Å². The molecule has 3 rings (SSSR count). The van der Waals surface area contributed by atoms with Gasteiger partial charge >= 0.3 is 0 Å². The zero-order valence-electron chi connectivity index (χ0n) is 12.1. The van der Waals surface area contributed by atoms with Crippen LogP contribution in [0.15, 0.2) is 29.6 Å². The third-order valence-corrected chi connectivity index (χ3v) is 4.95. The maximum atomic E-state index is 13.5. The largest absolute Gasteiger partial charge is 0.322 e. The van der Waals surface area contributed by atoms with Crippen molar-refractivity contribution in [3.8, 4) is 0 Å². The number of fused-ring (bicyclic) bond motifs is 1. The number of rotatable bonds is 3. The Kier molecular flexibility index (Phi) is 4.22. The highest BCUT2D eigenvalue weighted by atomic mass is 32.1. The fourth-order valence-electron chi connectivity index (χ4n) is 2.74. The minimum Gasteiger partial charge on any atom is -0.322 e. The lowest BCUT2D eigenvalue weighted by Crippen LogP contribution is -2.39. The Morgan fingerprint density at radius 1 is 1.41 bits per heavy atom. The summed E-state index contributed by atoms with van der Waals surface area (Å²) in [4.78, 5) is 15.5. The molecule has 1 aliphatic heterocycles. The van der Waals surface area contributed by atoms with Gasteiger partial charge in [0.15, 0.2) is 0 Å². The van der Waals surface area contributed by atoms with E-state index in [0.717, 1.165) is 31.2 Å². The molecule has 0 saturated carbocycles. The van der Waals surface area contributed by atoms with Crippen molar-refractivity contribution in [2.45, 2.75) is 19.4 Å². The second kappa shape index (κ2) is 6.14. The monoisotopic (exact) mass is 322 g/mol. The smallest absolute Gasteiger partial charge is 0.238 e. The van der Waals surface area contributed by atoms with E-state index >= 15 is 0 Å². The third-order valence-electron chi connectivity index (χ3n) is 3.95. The van der Waals surface area contributed by atoms with Crippen molar-refractivity contribution in [2.24, 2.45) is 0 Å². The molecule has 1 atom stereocenters. The average Bonchev–Trinajstić information content (AvgIpc) is 2.95. The summed E-state index contributed by atoms with van der Waals surface area (Å²) < 4.78 is 26.7. The number of carbonyl (C=O) groups is 1. The zero-order chi connectivity index (χ0) is 15.7. The Morgan fingerprint density at radius 3 is 3.05 bits per heavy atom. The van der Waals surface area contributed by atoms with Crippen LogP contribution in [-0.2, 0) is 11.2 Å². The van der Waals surface area contributed by atoms with Crippen LogP contribution >= 0.6 is 11.3 Å². The molecule has 22 heavy (non-hydrogen) atoms. The standard InChI is InChI=1S/C16H16F2N2OS/c1-10-12-5-7-22-15(12)4-6-20(10)9-16(21)19-14-8-11(17)2-3-13(14)18/h2-3,5,7-8,10H,4,6,9H2,1H3,(H,19,21)/t10-/m0/s1. The number of carbonyl (C=O) groups excluding carboxylic acids is 1. The molecule has 0 aliphatic carbocycles. The number of hydrogen-bond acceptors (Lipinski definition) is 3. The fourth-order valence-corrected chi connectivity index (χ4v) is 3.71. The molecule has 6 heteroatoms. The number of benzene rings is 1. The van der Waals surface area contributed by atoms with Crippen LogP contribution in [0.3, 0.4) is 0 Å². The van der Waals surface area contributed by atoms with Crippen LogP contribution in [0, 0.1) is 11.6 Å². The van der Waals surface area contributed by atoms with Gasteiger partial charge in [-0.3, -0.25) is 9.69 Å². The summed E-state index contributed by atoms with van der Waals surface area (Å²) in [7, 11) is 0. The molecule has 0 fully saturated rings. The lowest BCUT2D eigenvalue weighted by molar-refractivity contribution is -0.117. The first-order valence-electron chi connectivity index (χ1n) is 7.10. The second-order valence-corrected chi connectivity index (χ2v) is 6.37. The van der Waals surface area contributed by atoms with Gasteiger partial charge in [0.25, 0.3) is 0 Å². The van der Waals surface area contributed by atoms with Crippen LogP contribution in [0.25, 0.3) is 0 Å². The molecule has 0 radical (unpaired) electrons. The summed E-state index contributed by atoms with van der Waals surface area (Å²) in [5, 5.41) is 4.51. The Bertz CT molecular complexity index is 701. The maximum Gasteiger partial charge on any atom is 0.238 e. The van der Waals surface area contributed by atoms with E-state index in [1.165, 1.54) is 10.4 Å². The molecule has 116 valence electrons. The molecule has 0 saturated heterocycles. The summed E-state index contributed by atoms with van der Waals surface area (Å²) in [5.74, 6) is -1.55. The van der Waals surface area contributed by atoms with E-state index in [0.29, 0.717) is 0 Å². The van der Waals surface area contributed by atoms with E-state index in [4.69, 9.17) is 0 Å². The van der Waals surface area contributed by atoms with E-state index in [1.807, 2.05) is 4.90 Å². The Hall–Kier alpha value is -1.79. The average molecular weight is 322 g/mol. The maximum absolute atomic E-state index is 13.5. The highest BCUT2D eigenvalue weighted by molar-refractivity contribution is 7.10. The summed E-state index contributed by atoms with van der Waals surface area (Å²) in [6.07, 6.45) is 0.916. The van der Waals surface area contributed by atoms with Crippen molar-refractivity contribution >= 4 is 22.9 Å². The second-order valence-electron chi connectivity index (χ2n) is 5.37. The molecule has 2 aromatic rings. The van der Waals surface area contributed by atoms with Gasteiger partial charge in [0, 0.05) is 23.5 Å². The molecule has 1 aromatic carbocycles. The van der Waals surface area contributed by atoms with Crippen molar-refractivity contribution in [3.63, 3.8) is 0 Å². The van der Waals surface area contributed by atoms with Gasteiger partial charge in [0.1, 0.15) is 11.6 Å². The van der Waals surface area contributed by atoms with E-state index in [1.54, 1.807) is 11.3 Å². The molecule has 0 spiro atoms. The van der Waals surface area contributed by atoms with E-state index in [-0.39, 0.29) is 24.2 Å². The van der Waals surface area contributed by atoms with Crippen molar-refractivity contribution in [2.75, 3.05) is 18.4 Å². The molecule has 1 aliphatic rings. The first-order valence-corrected chi connectivity index (χ1v) is 7.98. The summed E-state index contributed by atoms with van der Waals surface area (Å²) in [6.45, 7) is 3.00. The van der Waals surface area contributed by atoms with Crippen molar-refractivity contribution in [1.29, 1.82) is 0 Å². The Labute approximate surface area is 131 Å². The topological polar surface area (TPSA) is 32.3 Å². The van der Waals surface area contributed by atoms with E-state index < -0.39 is 11.6 Å². The highest BCUT2D eigenvalue weighted by Gasteiger charge is 2.26. The van der Waals surface area contributed by atoms with Gasteiger partial charge in [0.2, 0.25) is 5.91 Å². The highest BCUT2D eigenvalue weighted by Crippen LogP contribution is 2.32. The van der Waals surface area contributed by atoms with E-state index in [2.05, 4.69) is 23.7 Å². The fraction of sp³-hybridized carbons (Fsp3) is 0.312. The summed E-state index contributed by atoms with van der Waals surface area (Å²) in [5.41, 5.74) is 1.13. The predicted molar refractivity (Wildman–Crippen MR) is 83.0 cm³/mol. The number of hydrogen-bond donors (Lipinski definition) is 1. The summed E-state index contributed by atoms with van der Waals surface area (Å²) >= 11 is 1.74. The van der Waals surface area contributed by atoms with Crippen LogP contribution in [0.1, 0.15) is 23.4 Å². The molecular weight excluding hydrogens is 306 g/mol. The quantitative estimate of drug-likeness (QED) is 0.937. The molecular formula is C16H16F2N2OS. The molecule has 3 nitrogen and oxygen atoms in total. The molecule has 1 N–H and O–H groups in total. The van der Waals surface area contributed by atoms with Crippen molar-refractivity contribution < 1.29 is 13.6 Å². The van der Waals surface area contributed by atoms with Crippen molar-refractivity contribution in [1.82, 2.24) is 4.90 Å². The van der Waals surface area contributed by atoms with Gasteiger partial charge in [-0.25, -0.2) is 8.78 Å². The SMILES string of the molecule is C[C@H]1c2ccsc2CCN1CC(=O)Nc1cc(F)ccc1F. The Balaban J connectivity index is 1.66. The van der Waals surface area contributed by atoms with Gasteiger partial charge < -0.3 is 5.32 Å². The van der Waals surface area contributed by atoms with Gasteiger partial charge in [-0.2, -0.15) is 0 Å². The van der Waals surface area contributed by atoms with Crippen LogP contribution in [0.5, 0.6) is 0 Å². The van der Waals surface area contributed by atoms with Gasteiger partial charge in [-0.05, 0) is 42.5 Å². The number of anilines is 1. The van der Waals surface area contributed by atoms with Gasteiger partial charge in [-0.15, -0.1) is 11.3 Å². The Morgan fingerprint density at radius 2 is 2.23 bits per heavy atom. The van der Waals surface area contributed by atoms with Gasteiger partial charge in [-0.1, -0.05) is 0 Å². The molecule has 0 bridgehead atoms. The molecule has 2 heterocycles. The molecule has 1 amide bonds. The zero-order valence-corrected chi connectivity index (χ0v) is 12.9. The number of thiophene rings is 1. The van der Waals surface area contributed by atoms with Crippen LogP contribution in [-0.4, -0.2) is 23.9 Å². The van der Waals surface area contributed by atoms with Crippen LogP contribution in [0.4, 0.5) is 14.5 Å². The first kappa shape index (κ1) is 15.1. The number of halogens is 2. The minimum atomic E-state index is -0.637. The first-order chi connectivity index (χ1) is 10.5. The minimum absolute atomic E-state index is 0.120. The predicted octanol–water partition coefficient (Wildman–Crippen LogP) is 3.58. The molecule has 1 aromatic heterocycles. The van der Waals surface area contributed by atoms with Gasteiger partial charge in [0.05, 0.1) is 12.2 Å². The van der Waals surface area contributed by atoms with Crippen LogP contribution < -0.4 is 5.32 Å². The van der Waals surface area contributed by atoms with E-state index in [9.17, 15) is 13.6 Å². The number of amides is 1. The normalized spacial score (nSPS) is 18.0. The van der Waals surface area contributed by atoms with Crippen molar-refractivity contribution in [3.05, 3.63) is 51.7 Å². The lowest BCUT2D eigenvalue weighted by Gasteiger charge is -2.32. The summed E-state index contributed by atoms with van der Waals surface area (Å²) in [6, 6.07) is 5.25. The molecule has 0 unspecified atom stereocenters. The third kappa shape index (κ3) is 3.03. The number of nitrogens with one attached hydrogen (secondary N) is 1. The number of nitrogens with zero attached hydrogens (tertiary/aromatic N) is 1. The lowest BCUT2D eigenvalue weighted by atomic mass is 10.0.